The predicted molar refractivity (Wildman–Crippen MR) is 96.6 cm³/mol. The molecule has 0 aromatic heterocycles. The Hall–Kier alpha value is -1.79. The second kappa shape index (κ2) is 6.74. The Morgan fingerprint density at radius 1 is 0.962 bits per heavy atom. The molecule has 2 heterocycles. The third kappa shape index (κ3) is 4.48. The van der Waals surface area contributed by atoms with Crippen LogP contribution in [0, 0.1) is 11.3 Å². The van der Waals surface area contributed by atoms with Crippen molar-refractivity contribution in [1.29, 1.82) is 0 Å². The molecule has 26 heavy (non-hydrogen) atoms. The minimum atomic E-state index is -0.642. The molecule has 148 valence electrons. The molecule has 7 nitrogen and oxygen atoms in total. The van der Waals surface area contributed by atoms with Crippen LogP contribution in [0.5, 0.6) is 0 Å². The Morgan fingerprint density at radius 2 is 1.42 bits per heavy atom. The van der Waals surface area contributed by atoms with Crippen LogP contribution in [0.15, 0.2) is 0 Å². The molecule has 0 aromatic rings. The van der Waals surface area contributed by atoms with Gasteiger partial charge < -0.3 is 14.4 Å². The molecule has 0 unspecified atom stereocenters. The van der Waals surface area contributed by atoms with E-state index in [-0.39, 0.29) is 23.3 Å². The standard InChI is InChI=1S/C19H32N2O5/c1-13-14(22)21(16(24)26-18(5,6)7)12-19(13)8-10-20(11-9-19)15(23)25-17(2,3)4/h13H,8-12H2,1-7H3/t13-/m1/s1. The normalized spacial score (nSPS) is 23.3. The van der Waals surface area contributed by atoms with Crippen LogP contribution in [-0.2, 0) is 14.3 Å². The molecular weight excluding hydrogens is 336 g/mol. The first-order valence-corrected chi connectivity index (χ1v) is 9.26. The average Bonchev–Trinajstić information content (AvgIpc) is 2.70. The first-order valence-electron chi connectivity index (χ1n) is 9.26. The number of amides is 3. The van der Waals surface area contributed by atoms with E-state index in [2.05, 4.69) is 0 Å². The van der Waals surface area contributed by atoms with E-state index in [9.17, 15) is 14.4 Å². The minimum absolute atomic E-state index is 0.190. The Bertz CT molecular complexity index is 580. The van der Waals surface area contributed by atoms with E-state index in [1.54, 1.807) is 25.7 Å². The van der Waals surface area contributed by atoms with Crippen LogP contribution in [0.2, 0.25) is 0 Å². The molecule has 2 fully saturated rings. The maximum Gasteiger partial charge on any atom is 0.417 e. The number of carbonyl (C=O) groups is 3. The summed E-state index contributed by atoms with van der Waals surface area (Å²) < 4.78 is 10.8. The van der Waals surface area contributed by atoms with Gasteiger partial charge in [-0.3, -0.25) is 4.79 Å². The number of hydrogen-bond donors (Lipinski definition) is 0. The molecule has 2 rings (SSSR count). The van der Waals surface area contributed by atoms with Gasteiger partial charge >= 0.3 is 12.2 Å². The van der Waals surface area contributed by atoms with E-state index in [0.29, 0.717) is 32.5 Å². The zero-order valence-corrected chi connectivity index (χ0v) is 17.0. The summed E-state index contributed by atoms with van der Waals surface area (Å²) in [6.07, 6.45) is 0.422. The van der Waals surface area contributed by atoms with Crippen molar-refractivity contribution in [2.45, 2.75) is 72.5 Å². The first-order chi connectivity index (χ1) is 11.7. The zero-order valence-electron chi connectivity index (χ0n) is 17.0. The summed E-state index contributed by atoms with van der Waals surface area (Å²) in [5.74, 6) is -0.458. The van der Waals surface area contributed by atoms with Gasteiger partial charge in [-0.2, -0.15) is 0 Å². The third-order valence-corrected chi connectivity index (χ3v) is 5.05. The van der Waals surface area contributed by atoms with E-state index < -0.39 is 17.3 Å². The van der Waals surface area contributed by atoms with Gasteiger partial charge in [0.25, 0.3) is 0 Å². The maximum atomic E-state index is 12.6. The van der Waals surface area contributed by atoms with Crippen molar-refractivity contribution in [1.82, 2.24) is 9.80 Å². The minimum Gasteiger partial charge on any atom is -0.444 e. The predicted octanol–water partition coefficient (Wildman–Crippen LogP) is 3.42. The number of hydrogen-bond acceptors (Lipinski definition) is 5. The molecule has 1 atom stereocenters. The van der Waals surface area contributed by atoms with Crippen LogP contribution in [0.3, 0.4) is 0 Å². The number of likely N-dealkylation sites (tertiary alicyclic amines) is 2. The second-order valence-electron chi connectivity index (χ2n) is 9.46. The van der Waals surface area contributed by atoms with E-state index in [1.807, 2.05) is 27.7 Å². The number of rotatable bonds is 0. The highest BCUT2D eigenvalue weighted by Gasteiger charge is 2.53. The summed E-state index contributed by atoms with van der Waals surface area (Å²) in [5, 5.41) is 0. The molecule has 2 aliphatic heterocycles. The highest BCUT2D eigenvalue weighted by Crippen LogP contribution is 2.45. The second-order valence-corrected chi connectivity index (χ2v) is 9.46. The number of piperidine rings is 1. The van der Waals surface area contributed by atoms with Crippen LogP contribution in [0.4, 0.5) is 9.59 Å². The largest absolute Gasteiger partial charge is 0.444 e. The summed E-state index contributed by atoms with van der Waals surface area (Å²) in [7, 11) is 0. The molecular formula is C19H32N2O5. The Labute approximate surface area is 156 Å². The number of ether oxygens (including phenoxy) is 2. The molecule has 0 N–H and O–H groups in total. The molecule has 0 bridgehead atoms. The summed E-state index contributed by atoms with van der Waals surface area (Å²) in [6, 6.07) is 0. The smallest absolute Gasteiger partial charge is 0.417 e. The lowest BCUT2D eigenvalue weighted by Crippen LogP contribution is -2.47. The average molecular weight is 368 g/mol. The lowest BCUT2D eigenvalue weighted by molar-refractivity contribution is -0.130. The summed E-state index contributed by atoms with van der Waals surface area (Å²) >= 11 is 0. The lowest BCUT2D eigenvalue weighted by atomic mass is 9.71. The summed E-state index contributed by atoms with van der Waals surface area (Å²) in [4.78, 5) is 40.2. The van der Waals surface area contributed by atoms with Crippen molar-refractivity contribution in [2.75, 3.05) is 19.6 Å². The number of imide groups is 1. The first kappa shape index (κ1) is 20.5. The van der Waals surface area contributed by atoms with Gasteiger partial charge in [-0.25, -0.2) is 14.5 Å². The third-order valence-electron chi connectivity index (χ3n) is 5.05. The molecule has 0 aliphatic carbocycles. The highest BCUT2D eigenvalue weighted by molar-refractivity contribution is 5.95. The van der Waals surface area contributed by atoms with E-state index in [4.69, 9.17) is 9.47 Å². The van der Waals surface area contributed by atoms with Crippen LogP contribution in [0.1, 0.15) is 61.3 Å². The topological polar surface area (TPSA) is 76.2 Å². The maximum absolute atomic E-state index is 12.6. The number of carbonyl (C=O) groups excluding carboxylic acids is 3. The monoisotopic (exact) mass is 368 g/mol. The van der Waals surface area contributed by atoms with Crippen molar-refractivity contribution in [3.63, 3.8) is 0 Å². The van der Waals surface area contributed by atoms with Crippen molar-refractivity contribution >= 4 is 18.1 Å². The van der Waals surface area contributed by atoms with Gasteiger partial charge in [-0.15, -0.1) is 0 Å². The SMILES string of the molecule is C[C@@H]1C(=O)N(C(=O)OC(C)(C)C)CC12CCN(C(=O)OC(C)(C)C)CC2. The van der Waals surface area contributed by atoms with Crippen molar-refractivity contribution in [2.24, 2.45) is 11.3 Å². The van der Waals surface area contributed by atoms with Gasteiger partial charge in [-0.1, -0.05) is 6.92 Å². The molecule has 2 saturated heterocycles. The van der Waals surface area contributed by atoms with E-state index in [0.717, 1.165) is 0 Å². The van der Waals surface area contributed by atoms with Crippen LogP contribution in [-0.4, -0.2) is 58.7 Å². The van der Waals surface area contributed by atoms with Gasteiger partial charge in [0.2, 0.25) is 5.91 Å². The van der Waals surface area contributed by atoms with Crippen molar-refractivity contribution in [3.05, 3.63) is 0 Å². The molecule has 1 spiro atoms. The fourth-order valence-corrected chi connectivity index (χ4v) is 3.55. The molecule has 0 aromatic carbocycles. The molecule has 7 heteroatoms. The van der Waals surface area contributed by atoms with Crippen LogP contribution >= 0.6 is 0 Å². The Balaban J connectivity index is 2.03. The molecule has 0 radical (unpaired) electrons. The quantitative estimate of drug-likeness (QED) is 0.655. The fourth-order valence-electron chi connectivity index (χ4n) is 3.55. The number of nitrogens with zero attached hydrogens (tertiary/aromatic N) is 2. The Morgan fingerprint density at radius 3 is 1.88 bits per heavy atom. The van der Waals surface area contributed by atoms with Gasteiger partial charge in [0.1, 0.15) is 11.2 Å². The molecule has 0 saturated carbocycles. The van der Waals surface area contributed by atoms with Crippen molar-refractivity contribution < 1.29 is 23.9 Å². The molecule has 2 aliphatic rings. The highest BCUT2D eigenvalue weighted by atomic mass is 16.6. The fraction of sp³-hybridized carbons (Fsp3) is 0.842. The van der Waals surface area contributed by atoms with Gasteiger partial charge in [-0.05, 0) is 54.4 Å². The van der Waals surface area contributed by atoms with Gasteiger partial charge in [0.05, 0.1) is 0 Å². The van der Waals surface area contributed by atoms with E-state index in [1.165, 1.54) is 4.90 Å². The van der Waals surface area contributed by atoms with Crippen LogP contribution in [0.25, 0.3) is 0 Å². The van der Waals surface area contributed by atoms with E-state index >= 15 is 0 Å². The van der Waals surface area contributed by atoms with Gasteiger partial charge in [0, 0.05) is 31.0 Å². The summed E-state index contributed by atoms with van der Waals surface area (Å²) in [5.41, 5.74) is -1.47. The Kier molecular flexibility index (Phi) is 5.32. The molecule has 3 amide bonds. The van der Waals surface area contributed by atoms with Gasteiger partial charge in [0.15, 0.2) is 0 Å². The zero-order chi connectivity index (χ0) is 19.9. The van der Waals surface area contributed by atoms with Crippen molar-refractivity contribution in [3.8, 4) is 0 Å². The van der Waals surface area contributed by atoms with Crippen LogP contribution < -0.4 is 0 Å². The lowest BCUT2D eigenvalue weighted by Gasteiger charge is -2.41. The summed E-state index contributed by atoms with van der Waals surface area (Å²) in [6.45, 7) is 14.1.